The molecule has 8 heteroatoms. The minimum Gasteiger partial charge on any atom is -0.357 e. The highest BCUT2D eigenvalue weighted by Gasteiger charge is 2.31. The van der Waals surface area contributed by atoms with Gasteiger partial charge < -0.3 is 10.2 Å². The molecule has 0 aromatic carbocycles. The predicted octanol–water partition coefficient (Wildman–Crippen LogP) is 0.450. The molecule has 2 aliphatic rings. The monoisotopic (exact) mass is 359 g/mol. The van der Waals surface area contributed by atoms with Crippen LogP contribution < -0.4 is 10.0 Å². The molecular formula is C16H33N5O2S. The maximum atomic E-state index is 11.5. The molecule has 0 amide bonds. The molecule has 1 unspecified atom stereocenters. The first-order valence-corrected chi connectivity index (χ1v) is 10.9. The molecule has 0 aromatic heterocycles. The van der Waals surface area contributed by atoms with E-state index < -0.39 is 15.6 Å². The van der Waals surface area contributed by atoms with Crippen LogP contribution in [0.1, 0.15) is 40.0 Å². The second-order valence-electron chi connectivity index (χ2n) is 7.56. The zero-order valence-corrected chi connectivity index (χ0v) is 16.3. The third-order valence-corrected chi connectivity index (χ3v) is 5.46. The van der Waals surface area contributed by atoms with Crippen LogP contribution >= 0.6 is 0 Å². The summed E-state index contributed by atoms with van der Waals surface area (Å²) in [7, 11) is -3.24. The van der Waals surface area contributed by atoms with Gasteiger partial charge in [0.15, 0.2) is 5.96 Å². The normalized spacial score (nSPS) is 23.9. The van der Waals surface area contributed by atoms with Crippen molar-refractivity contribution in [2.75, 3.05) is 45.5 Å². The lowest BCUT2D eigenvalue weighted by atomic mass is 10.1. The van der Waals surface area contributed by atoms with E-state index in [0.717, 1.165) is 25.6 Å². The van der Waals surface area contributed by atoms with Crippen LogP contribution in [-0.4, -0.2) is 81.3 Å². The number of rotatable bonds is 6. The van der Waals surface area contributed by atoms with Gasteiger partial charge in [-0.05, 0) is 53.1 Å². The van der Waals surface area contributed by atoms with Crippen LogP contribution in [0.3, 0.4) is 0 Å². The van der Waals surface area contributed by atoms with Crippen molar-refractivity contribution in [1.82, 2.24) is 19.8 Å². The largest absolute Gasteiger partial charge is 0.357 e. The zero-order valence-electron chi connectivity index (χ0n) is 15.5. The average Bonchev–Trinajstić information content (AvgIpc) is 3.10. The summed E-state index contributed by atoms with van der Waals surface area (Å²) in [5, 5.41) is 3.35. The molecule has 2 saturated heterocycles. The average molecular weight is 360 g/mol. The number of hydrogen-bond acceptors (Lipinski definition) is 4. The van der Waals surface area contributed by atoms with Gasteiger partial charge in [0.2, 0.25) is 10.0 Å². The Bertz CT molecular complexity index is 541. The Morgan fingerprint density at radius 3 is 2.50 bits per heavy atom. The second-order valence-corrected chi connectivity index (χ2v) is 9.31. The quantitative estimate of drug-likeness (QED) is 0.532. The SMILES string of the molecule is CCNC(=NCC(C)(C)NS(C)(=O)=O)N1CCC(N2CCCC2)C1. The van der Waals surface area contributed by atoms with Crippen LogP contribution in [0, 0.1) is 0 Å². The molecule has 7 nitrogen and oxygen atoms in total. The molecule has 2 heterocycles. The molecule has 2 N–H and O–H groups in total. The zero-order chi connectivity index (χ0) is 17.8. The number of nitrogens with zero attached hydrogens (tertiary/aromatic N) is 3. The Kier molecular flexibility index (Phi) is 6.50. The number of hydrogen-bond donors (Lipinski definition) is 2. The Balaban J connectivity index is 1.98. The Hall–Kier alpha value is -0.860. The van der Waals surface area contributed by atoms with E-state index in [2.05, 4.69) is 26.8 Å². The number of likely N-dealkylation sites (tertiary alicyclic amines) is 2. The standard InChI is InChI=1S/C16H33N5O2S/c1-5-17-15(18-13-16(2,3)19-24(4,22)23)21-11-8-14(12-21)20-9-6-7-10-20/h14,19H,5-13H2,1-4H3,(H,17,18). The fourth-order valence-electron chi connectivity index (χ4n) is 3.57. The van der Waals surface area contributed by atoms with E-state index >= 15 is 0 Å². The van der Waals surface area contributed by atoms with E-state index in [1.165, 1.54) is 38.6 Å². The molecular weight excluding hydrogens is 326 g/mol. The van der Waals surface area contributed by atoms with Gasteiger partial charge in [-0.2, -0.15) is 0 Å². The van der Waals surface area contributed by atoms with Crippen LogP contribution in [-0.2, 0) is 10.0 Å². The summed E-state index contributed by atoms with van der Waals surface area (Å²) < 4.78 is 25.6. The van der Waals surface area contributed by atoms with Gasteiger partial charge in [0.25, 0.3) is 0 Å². The van der Waals surface area contributed by atoms with Crippen molar-refractivity contribution in [1.29, 1.82) is 0 Å². The first-order valence-electron chi connectivity index (χ1n) is 8.96. The van der Waals surface area contributed by atoms with Crippen molar-refractivity contribution in [3.63, 3.8) is 0 Å². The first kappa shape index (κ1) is 19.5. The first-order chi connectivity index (χ1) is 11.2. The summed E-state index contributed by atoms with van der Waals surface area (Å²) in [6.07, 6.45) is 4.99. The van der Waals surface area contributed by atoms with Gasteiger partial charge in [-0.1, -0.05) is 0 Å². The van der Waals surface area contributed by atoms with Crippen molar-refractivity contribution in [3.05, 3.63) is 0 Å². The van der Waals surface area contributed by atoms with Gasteiger partial charge in [0, 0.05) is 31.2 Å². The van der Waals surface area contributed by atoms with Crippen molar-refractivity contribution in [3.8, 4) is 0 Å². The van der Waals surface area contributed by atoms with Gasteiger partial charge in [0.05, 0.1) is 12.8 Å². The van der Waals surface area contributed by atoms with Gasteiger partial charge in [-0.3, -0.25) is 9.89 Å². The molecule has 2 rings (SSSR count). The lowest BCUT2D eigenvalue weighted by Gasteiger charge is -2.27. The highest BCUT2D eigenvalue weighted by Crippen LogP contribution is 2.20. The maximum Gasteiger partial charge on any atom is 0.209 e. The molecule has 1 atom stereocenters. The molecule has 0 aromatic rings. The third-order valence-electron chi connectivity index (χ3n) is 4.54. The summed E-state index contributed by atoms with van der Waals surface area (Å²) in [5.41, 5.74) is -0.595. The van der Waals surface area contributed by atoms with Crippen molar-refractivity contribution < 1.29 is 8.42 Å². The fourth-order valence-corrected chi connectivity index (χ4v) is 4.64. The van der Waals surface area contributed by atoms with E-state index in [1.807, 2.05) is 13.8 Å². The molecule has 2 aliphatic heterocycles. The molecule has 0 spiro atoms. The predicted molar refractivity (Wildman–Crippen MR) is 98.8 cm³/mol. The number of guanidine groups is 1. The van der Waals surface area contributed by atoms with E-state index in [4.69, 9.17) is 4.99 Å². The second kappa shape index (κ2) is 8.01. The summed E-state index contributed by atoms with van der Waals surface area (Å²) in [6.45, 7) is 11.4. The minimum atomic E-state index is -3.24. The van der Waals surface area contributed by atoms with E-state index in [1.54, 1.807) is 0 Å². The van der Waals surface area contributed by atoms with Gasteiger partial charge in [0.1, 0.15) is 0 Å². The lowest BCUT2D eigenvalue weighted by molar-refractivity contribution is 0.249. The maximum absolute atomic E-state index is 11.5. The summed E-state index contributed by atoms with van der Waals surface area (Å²) in [6, 6.07) is 0.624. The van der Waals surface area contributed by atoms with Crippen LogP contribution in [0.2, 0.25) is 0 Å². The number of aliphatic imine (C=N–C) groups is 1. The van der Waals surface area contributed by atoms with Crippen molar-refractivity contribution in [2.45, 2.75) is 51.6 Å². The third kappa shape index (κ3) is 5.89. The van der Waals surface area contributed by atoms with Gasteiger partial charge >= 0.3 is 0 Å². The molecule has 24 heavy (non-hydrogen) atoms. The minimum absolute atomic E-state index is 0.410. The van der Waals surface area contributed by atoms with Crippen molar-refractivity contribution >= 4 is 16.0 Å². The van der Waals surface area contributed by atoms with Crippen LogP contribution in [0.25, 0.3) is 0 Å². The summed E-state index contributed by atoms with van der Waals surface area (Å²) in [5.74, 6) is 0.891. The highest BCUT2D eigenvalue weighted by molar-refractivity contribution is 7.88. The molecule has 140 valence electrons. The van der Waals surface area contributed by atoms with Crippen molar-refractivity contribution in [2.24, 2.45) is 4.99 Å². The van der Waals surface area contributed by atoms with Gasteiger partial charge in [-0.15, -0.1) is 0 Å². The molecule has 2 fully saturated rings. The van der Waals surface area contributed by atoms with Crippen LogP contribution in [0.15, 0.2) is 4.99 Å². The highest BCUT2D eigenvalue weighted by atomic mass is 32.2. The van der Waals surface area contributed by atoms with E-state index in [9.17, 15) is 8.42 Å². The van der Waals surface area contributed by atoms with Crippen LogP contribution in [0.4, 0.5) is 0 Å². The molecule has 0 aliphatic carbocycles. The summed E-state index contributed by atoms with van der Waals surface area (Å²) >= 11 is 0. The molecule has 0 saturated carbocycles. The molecule has 0 bridgehead atoms. The Morgan fingerprint density at radius 1 is 1.25 bits per heavy atom. The topological polar surface area (TPSA) is 77.0 Å². The lowest BCUT2D eigenvalue weighted by Crippen LogP contribution is -2.47. The number of nitrogens with one attached hydrogen (secondary N) is 2. The number of sulfonamides is 1. The van der Waals surface area contributed by atoms with E-state index in [0.29, 0.717) is 12.6 Å². The molecule has 0 radical (unpaired) electrons. The smallest absolute Gasteiger partial charge is 0.209 e. The van der Waals surface area contributed by atoms with E-state index in [-0.39, 0.29) is 0 Å². The van der Waals surface area contributed by atoms with Crippen LogP contribution in [0.5, 0.6) is 0 Å². The fraction of sp³-hybridized carbons (Fsp3) is 0.938. The Morgan fingerprint density at radius 2 is 1.92 bits per heavy atom. The Labute approximate surface area is 146 Å². The van der Waals surface area contributed by atoms with Gasteiger partial charge in [-0.25, -0.2) is 13.1 Å². The summed E-state index contributed by atoms with van der Waals surface area (Å²) in [4.78, 5) is 9.60.